The fraction of sp³-hybridized carbons (Fsp3) is 0.875. The Hall–Kier alpha value is -1.06. The number of hydrogen-bond donors (Lipinski definition) is 1. The first-order valence-electron chi connectivity index (χ1n) is 8.05. The van der Waals surface area contributed by atoms with E-state index >= 15 is 0 Å². The molecule has 4 unspecified atom stereocenters. The van der Waals surface area contributed by atoms with Crippen molar-refractivity contribution in [2.45, 2.75) is 51.9 Å². The van der Waals surface area contributed by atoms with E-state index < -0.39 is 11.4 Å². The summed E-state index contributed by atoms with van der Waals surface area (Å²) < 4.78 is 0. The average Bonchev–Trinajstić information content (AvgIpc) is 3.13. The maximum atomic E-state index is 12.4. The summed E-state index contributed by atoms with van der Waals surface area (Å²) in [6, 6.07) is 0. The van der Waals surface area contributed by atoms with Crippen molar-refractivity contribution in [2.75, 3.05) is 13.1 Å². The number of fused-ring (bicyclic) bond motifs is 2. The van der Waals surface area contributed by atoms with Gasteiger partial charge in [-0.1, -0.05) is 13.3 Å². The average molecular weight is 279 g/mol. The summed E-state index contributed by atoms with van der Waals surface area (Å²) in [6.07, 6.45) is 7.09. The highest BCUT2D eigenvalue weighted by Gasteiger charge is 2.46. The molecule has 20 heavy (non-hydrogen) atoms. The molecular weight excluding hydrogens is 254 g/mol. The number of carboxylic acid groups (broad SMARTS) is 1. The molecule has 1 aliphatic heterocycles. The van der Waals surface area contributed by atoms with Crippen LogP contribution in [0.2, 0.25) is 0 Å². The first kappa shape index (κ1) is 13.9. The highest BCUT2D eigenvalue weighted by molar-refractivity contribution is 5.80. The summed E-state index contributed by atoms with van der Waals surface area (Å²) in [5.74, 6) is 1.66. The third-order valence-electron chi connectivity index (χ3n) is 6.16. The van der Waals surface area contributed by atoms with Gasteiger partial charge in [0.2, 0.25) is 5.91 Å². The van der Waals surface area contributed by atoms with Crippen LogP contribution in [-0.4, -0.2) is 35.0 Å². The lowest BCUT2D eigenvalue weighted by atomic mass is 9.84. The molecule has 1 amide bonds. The molecule has 1 heterocycles. The van der Waals surface area contributed by atoms with Crippen LogP contribution >= 0.6 is 0 Å². The van der Waals surface area contributed by atoms with E-state index in [1.165, 1.54) is 25.7 Å². The Kier molecular flexibility index (Phi) is 3.51. The van der Waals surface area contributed by atoms with Gasteiger partial charge in [-0.05, 0) is 49.9 Å². The third-order valence-corrected chi connectivity index (χ3v) is 6.16. The van der Waals surface area contributed by atoms with Crippen LogP contribution in [0, 0.1) is 23.2 Å². The number of carboxylic acids is 1. The van der Waals surface area contributed by atoms with E-state index in [9.17, 15) is 14.7 Å². The Balaban J connectivity index is 1.58. The number of rotatable bonds is 4. The van der Waals surface area contributed by atoms with E-state index in [-0.39, 0.29) is 5.91 Å². The molecule has 2 aliphatic carbocycles. The van der Waals surface area contributed by atoms with Gasteiger partial charge < -0.3 is 10.0 Å². The largest absolute Gasteiger partial charge is 0.481 e. The summed E-state index contributed by atoms with van der Waals surface area (Å²) >= 11 is 0. The lowest BCUT2D eigenvalue weighted by molar-refractivity contribution is -0.148. The van der Waals surface area contributed by atoms with Gasteiger partial charge in [-0.2, -0.15) is 0 Å². The van der Waals surface area contributed by atoms with Crippen LogP contribution in [0.5, 0.6) is 0 Å². The topological polar surface area (TPSA) is 57.6 Å². The van der Waals surface area contributed by atoms with Gasteiger partial charge in [-0.25, -0.2) is 0 Å². The Bertz CT molecular complexity index is 422. The zero-order valence-corrected chi connectivity index (χ0v) is 12.3. The van der Waals surface area contributed by atoms with Gasteiger partial charge in [0.1, 0.15) is 0 Å². The van der Waals surface area contributed by atoms with Gasteiger partial charge in [0.25, 0.3) is 0 Å². The molecule has 3 aliphatic rings. The lowest BCUT2D eigenvalue weighted by Crippen LogP contribution is -2.37. The van der Waals surface area contributed by atoms with E-state index in [2.05, 4.69) is 0 Å². The number of carbonyl (C=O) groups is 2. The van der Waals surface area contributed by atoms with Crippen LogP contribution in [0.1, 0.15) is 51.9 Å². The Morgan fingerprint density at radius 1 is 1.30 bits per heavy atom. The highest BCUT2D eigenvalue weighted by Crippen LogP contribution is 2.49. The van der Waals surface area contributed by atoms with Crippen LogP contribution in [-0.2, 0) is 9.59 Å². The first-order chi connectivity index (χ1) is 9.54. The molecule has 0 aromatic carbocycles. The quantitative estimate of drug-likeness (QED) is 0.860. The van der Waals surface area contributed by atoms with Gasteiger partial charge in [-0.3, -0.25) is 9.59 Å². The summed E-state index contributed by atoms with van der Waals surface area (Å²) in [7, 11) is 0. The first-order valence-corrected chi connectivity index (χ1v) is 8.05. The third kappa shape index (κ3) is 2.23. The predicted molar refractivity (Wildman–Crippen MR) is 75.1 cm³/mol. The van der Waals surface area contributed by atoms with Crippen molar-refractivity contribution in [3.8, 4) is 0 Å². The van der Waals surface area contributed by atoms with E-state index in [1.807, 2.05) is 11.8 Å². The number of amides is 1. The smallest absolute Gasteiger partial charge is 0.311 e. The number of likely N-dealkylation sites (tertiary alicyclic amines) is 1. The molecule has 4 heteroatoms. The van der Waals surface area contributed by atoms with E-state index in [0.717, 1.165) is 11.8 Å². The zero-order chi connectivity index (χ0) is 14.3. The molecule has 112 valence electrons. The monoisotopic (exact) mass is 279 g/mol. The highest BCUT2D eigenvalue weighted by atomic mass is 16.4. The van der Waals surface area contributed by atoms with Gasteiger partial charge in [-0.15, -0.1) is 0 Å². The molecule has 2 saturated carbocycles. The molecular formula is C16H25NO3. The molecule has 1 N–H and O–H groups in total. The Morgan fingerprint density at radius 2 is 2.10 bits per heavy atom. The second-order valence-corrected chi connectivity index (χ2v) is 7.14. The molecule has 4 nitrogen and oxygen atoms in total. The summed E-state index contributed by atoms with van der Waals surface area (Å²) in [5, 5.41) is 9.40. The molecule has 2 bridgehead atoms. The molecule has 1 saturated heterocycles. The number of aliphatic carboxylic acids is 1. The summed E-state index contributed by atoms with van der Waals surface area (Å²) in [6.45, 7) is 2.95. The van der Waals surface area contributed by atoms with Crippen LogP contribution < -0.4 is 0 Å². The van der Waals surface area contributed by atoms with E-state index in [4.69, 9.17) is 0 Å². The molecule has 0 aromatic rings. The van der Waals surface area contributed by atoms with E-state index in [1.54, 1.807) is 0 Å². The second-order valence-electron chi connectivity index (χ2n) is 7.14. The van der Waals surface area contributed by atoms with Gasteiger partial charge in [0, 0.05) is 19.5 Å². The fourth-order valence-electron chi connectivity index (χ4n) is 4.68. The molecule has 0 radical (unpaired) electrons. The molecule has 3 fully saturated rings. The molecule has 4 atom stereocenters. The Morgan fingerprint density at radius 3 is 2.60 bits per heavy atom. The van der Waals surface area contributed by atoms with Crippen LogP contribution in [0.4, 0.5) is 0 Å². The predicted octanol–water partition coefficient (Wildman–Crippen LogP) is 2.53. The van der Waals surface area contributed by atoms with Crippen LogP contribution in [0.25, 0.3) is 0 Å². The normalized spacial score (nSPS) is 39.5. The lowest BCUT2D eigenvalue weighted by Gasteiger charge is -2.26. The summed E-state index contributed by atoms with van der Waals surface area (Å²) in [5.41, 5.74) is -0.690. The second kappa shape index (κ2) is 5.05. The maximum absolute atomic E-state index is 12.4. The van der Waals surface area contributed by atoms with Crippen molar-refractivity contribution in [3.63, 3.8) is 0 Å². The molecule has 3 rings (SSSR count). The van der Waals surface area contributed by atoms with Gasteiger partial charge in [0.15, 0.2) is 0 Å². The number of nitrogens with zero attached hydrogens (tertiary/aromatic N) is 1. The number of hydrogen-bond acceptors (Lipinski definition) is 2. The molecule has 0 aromatic heterocycles. The van der Waals surface area contributed by atoms with Crippen molar-refractivity contribution >= 4 is 11.9 Å². The van der Waals surface area contributed by atoms with Crippen molar-refractivity contribution < 1.29 is 14.7 Å². The maximum Gasteiger partial charge on any atom is 0.311 e. The van der Waals surface area contributed by atoms with E-state index in [0.29, 0.717) is 38.3 Å². The summed E-state index contributed by atoms with van der Waals surface area (Å²) in [4.78, 5) is 25.7. The van der Waals surface area contributed by atoms with Crippen molar-refractivity contribution in [1.29, 1.82) is 0 Å². The van der Waals surface area contributed by atoms with Crippen LogP contribution in [0.15, 0.2) is 0 Å². The van der Waals surface area contributed by atoms with Gasteiger partial charge in [0.05, 0.1) is 5.41 Å². The zero-order valence-electron chi connectivity index (χ0n) is 12.3. The minimum Gasteiger partial charge on any atom is -0.481 e. The van der Waals surface area contributed by atoms with Crippen molar-refractivity contribution in [3.05, 3.63) is 0 Å². The van der Waals surface area contributed by atoms with Gasteiger partial charge >= 0.3 is 5.97 Å². The number of carbonyl (C=O) groups excluding carboxylic acids is 1. The minimum atomic E-state index is -0.741. The fourth-order valence-corrected chi connectivity index (χ4v) is 4.68. The Labute approximate surface area is 120 Å². The minimum absolute atomic E-state index is 0.194. The SMILES string of the molecule is CCC1(C(=O)O)CCN(C(=O)CC2CC3CCC2C3)C1. The molecule has 0 spiro atoms. The van der Waals surface area contributed by atoms with Crippen molar-refractivity contribution in [2.24, 2.45) is 23.2 Å². The van der Waals surface area contributed by atoms with Crippen molar-refractivity contribution in [1.82, 2.24) is 4.90 Å². The standard InChI is InChI=1S/C16H25NO3/c1-2-16(15(19)20)5-6-17(10-16)14(18)9-13-8-11-3-4-12(13)7-11/h11-13H,2-10H2,1H3,(H,19,20). The van der Waals surface area contributed by atoms with Crippen LogP contribution in [0.3, 0.4) is 0 Å².